The lowest BCUT2D eigenvalue weighted by Gasteiger charge is -1.96. The van der Waals surface area contributed by atoms with Crippen LogP contribution in [-0.2, 0) is 0 Å². The molecule has 120 valence electrons. The summed E-state index contributed by atoms with van der Waals surface area (Å²) in [4.78, 5) is 22.9. The lowest BCUT2D eigenvalue weighted by molar-refractivity contribution is -0.384. The number of hydrazone groups is 1. The fourth-order valence-electron chi connectivity index (χ4n) is 2.13. The van der Waals surface area contributed by atoms with E-state index in [9.17, 15) is 14.9 Å². The molecule has 0 saturated carbocycles. The van der Waals surface area contributed by atoms with Gasteiger partial charge in [0.25, 0.3) is 11.6 Å². The van der Waals surface area contributed by atoms with Gasteiger partial charge in [-0.1, -0.05) is 29.8 Å². The minimum absolute atomic E-state index is 0.00431. The highest BCUT2D eigenvalue weighted by Gasteiger charge is 2.12. The van der Waals surface area contributed by atoms with Crippen molar-refractivity contribution >= 4 is 39.2 Å². The van der Waals surface area contributed by atoms with E-state index in [0.717, 1.165) is 15.8 Å². The molecule has 6 nitrogen and oxygen atoms in total. The highest BCUT2D eigenvalue weighted by molar-refractivity contribution is 7.20. The molecule has 0 saturated heterocycles. The van der Waals surface area contributed by atoms with Crippen LogP contribution in [0, 0.1) is 17.0 Å². The number of nitrogens with one attached hydrogen (secondary N) is 1. The smallest absolute Gasteiger partial charge is 0.266 e. The average molecular weight is 339 g/mol. The number of amides is 1. The van der Waals surface area contributed by atoms with Crippen LogP contribution in [-0.4, -0.2) is 17.0 Å². The predicted octanol–water partition coefficient (Wildman–Crippen LogP) is 3.88. The summed E-state index contributed by atoms with van der Waals surface area (Å²) in [5.41, 5.74) is 4.50. The maximum atomic E-state index is 12.1. The highest BCUT2D eigenvalue weighted by atomic mass is 32.1. The van der Waals surface area contributed by atoms with Gasteiger partial charge in [0.05, 0.1) is 16.0 Å². The number of benzene rings is 2. The van der Waals surface area contributed by atoms with Crippen molar-refractivity contribution in [2.75, 3.05) is 0 Å². The molecular formula is C17H13N3O3S. The Morgan fingerprint density at radius 3 is 2.67 bits per heavy atom. The average Bonchev–Trinajstić information content (AvgIpc) is 2.99. The van der Waals surface area contributed by atoms with E-state index in [2.05, 4.69) is 10.5 Å². The Bertz CT molecular complexity index is 945. The van der Waals surface area contributed by atoms with E-state index in [0.29, 0.717) is 10.3 Å². The van der Waals surface area contributed by atoms with Gasteiger partial charge >= 0.3 is 0 Å². The van der Waals surface area contributed by atoms with Crippen molar-refractivity contribution in [2.45, 2.75) is 6.92 Å². The zero-order chi connectivity index (χ0) is 17.1. The first kappa shape index (κ1) is 15.8. The van der Waals surface area contributed by atoms with Crippen molar-refractivity contribution in [3.05, 3.63) is 74.6 Å². The molecule has 3 aromatic rings. The molecule has 0 aliphatic carbocycles. The van der Waals surface area contributed by atoms with E-state index in [1.807, 2.05) is 31.2 Å². The molecule has 2 aromatic carbocycles. The number of carbonyl (C=O) groups excluding carboxylic acids is 1. The van der Waals surface area contributed by atoms with Crippen molar-refractivity contribution in [3.63, 3.8) is 0 Å². The van der Waals surface area contributed by atoms with E-state index in [-0.39, 0.29) is 11.6 Å². The summed E-state index contributed by atoms with van der Waals surface area (Å²) in [6.07, 6.45) is 1.56. The number of thiophene rings is 1. The lowest BCUT2D eigenvalue weighted by atomic mass is 10.2. The molecule has 7 heteroatoms. The number of hydrogen-bond donors (Lipinski definition) is 1. The third-order valence-electron chi connectivity index (χ3n) is 3.39. The molecule has 1 aromatic heterocycles. The van der Waals surface area contributed by atoms with E-state index < -0.39 is 4.92 Å². The molecule has 1 N–H and O–H groups in total. The van der Waals surface area contributed by atoms with Crippen LogP contribution in [0.25, 0.3) is 10.1 Å². The summed E-state index contributed by atoms with van der Waals surface area (Å²) in [5, 5.41) is 15.4. The predicted molar refractivity (Wildman–Crippen MR) is 94.7 cm³/mol. The molecule has 24 heavy (non-hydrogen) atoms. The van der Waals surface area contributed by atoms with Crippen LogP contribution in [0.3, 0.4) is 0 Å². The lowest BCUT2D eigenvalue weighted by Crippen LogP contribution is -2.16. The second kappa shape index (κ2) is 6.59. The first-order valence-corrected chi connectivity index (χ1v) is 7.92. The second-order valence-electron chi connectivity index (χ2n) is 5.20. The minimum atomic E-state index is -0.456. The Morgan fingerprint density at radius 2 is 1.96 bits per heavy atom. The van der Waals surface area contributed by atoms with Gasteiger partial charge in [-0.3, -0.25) is 14.9 Å². The van der Waals surface area contributed by atoms with E-state index in [1.165, 1.54) is 23.5 Å². The standard InChI is InChI=1S/C17H13N3O3S/c1-11-2-4-12(5-3-11)10-18-19-17(21)16-9-13-8-14(20(22)23)6-7-15(13)24-16/h2-10H,1H3,(H,19,21). The molecule has 0 fully saturated rings. The normalized spacial score (nSPS) is 11.0. The van der Waals surface area contributed by atoms with Gasteiger partial charge in [0.15, 0.2) is 0 Å². The van der Waals surface area contributed by atoms with Gasteiger partial charge in [-0.15, -0.1) is 11.3 Å². The molecule has 0 spiro atoms. The fourth-order valence-corrected chi connectivity index (χ4v) is 3.06. The maximum Gasteiger partial charge on any atom is 0.281 e. The van der Waals surface area contributed by atoms with Gasteiger partial charge in [0, 0.05) is 22.2 Å². The van der Waals surface area contributed by atoms with Gasteiger partial charge in [0.2, 0.25) is 0 Å². The zero-order valence-electron chi connectivity index (χ0n) is 12.7. The number of nitrogens with zero attached hydrogens (tertiary/aromatic N) is 2. The van der Waals surface area contributed by atoms with Crippen molar-refractivity contribution in [3.8, 4) is 0 Å². The van der Waals surface area contributed by atoms with Crippen molar-refractivity contribution in [2.24, 2.45) is 5.10 Å². The first-order valence-electron chi connectivity index (χ1n) is 7.11. The molecule has 0 aliphatic heterocycles. The van der Waals surface area contributed by atoms with Crippen LogP contribution in [0.1, 0.15) is 20.8 Å². The summed E-state index contributed by atoms with van der Waals surface area (Å²) < 4.78 is 0.813. The van der Waals surface area contributed by atoms with Crippen molar-refractivity contribution in [1.29, 1.82) is 0 Å². The van der Waals surface area contributed by atoms with E-state index in [1.54, 1.807) is 18.3 Å². The minimum Gasteiger partial charge on any atom is -0.266 e. The number of fused-ring (bicyclic) bond motifs is 1. The molecule has 0 atom stereocenters. The number of non-ortho nitro benzene ring substituents is 1. The van der Waals surface area contributed by atoms with Gasteiger partial charge in [-0.05, 0) is 24.6 Å². The SMILES string of the molecule is Cc1ccc(C=NNC(=O)c2cc3cc([N+](=O)[O-])ccc3s2)cc1. The Kier molecular flexibility index (Phi) is 4.35. The molecule has 0 aliphatic rings. The second-order valence-corrected chi connectivity index (χ2v) is 6.28. The summed E-state index contributed by atoms with van der Waals surface area (Å²) in [6.45, 7) is 1.99. The van der Waals surface area contributed by atoms with Gasteiger partial charge < -0.3 is 0 Å². The van der Waals surface area contributed by atoms with Gasteiger partial charge in [-0.25, -0.2) is 5.43 Å². The summed E-state index contributed by atoms with van der Waals surface area (Å²) >= 11 is 1.27. The van der Waals surface area contributed by atoms with Crippen LogP contribution in [0.2, 0.25) is 0 Å². The Labute approximate surface area is 141 Å². The van der Waals surface area contributed by atoms with Crippen LogP contribution in [0.15, 0.2) is 53.6 Å². The molecule has 1 heterocycles. The molecule has 0 bridgehead atoms. The third-order valence-corrected chi connectivity index (χ3v) is 4.51. The molecule has 0 unspecified atom stereocenters. The van der Waals surface area contributed by atoms with E-state index >= 15 is 0 Å². The van der Waals surface area contributed by atoms with Crippen molar-refractivity contribution < 1.29 is 9.72 Å². The Balaban J connectivity index is 1.73. The zero-order valence-corrected chi connectivity index (χ0v) is 13.5. The first-order chi connectivity index (χ1) is 11.5. The molecule has 1 amide bonds. The number of hydrogen-bond acceptors (Lipinski definition) is 5. The maximum absolute atomic E-state index is 12.1. The van der Waals surface area contributed by atoms with Crippen LogP contribution in [0.4, 0.5) is 5.69 Å². The number of nitro benzene ring substituents is 1. The van der Waals surface area contributed by atoms with Crippen LogP contribution in [0.5, 0.6) is 0 Å². The van der Waals surface area contributed by atoms with Crippen LogP contribution >= 0.6 is 11.3 Å². The molecular weight excluding hydrogens is 326 g/mol. The summed E-state index contributed by atoms with van der Waals surface area (Å²) in [5.74, 6) is -0.345. The van der Waals surface area contributed by atoms with Crippen molar-refractivity contribution in [1.82, 2.24) is 5.43 Å². The van der Waals surface area contributed by atoms with Gasteiger partial charge in [-0.2, -0.15) is 5.10 Å². The Morgan fingerprint density at radius 1 is 1.21 bits per heavy atom. The summed E-state index contributed by atoms with van der Waals surface area (Å²) in [6, 6.07) is 13.9. The Hall–Kier alpha value is -3.06. The number of nitro groups is 1. The monoisotopic (exact) mass is 339 g/mol. The van der Waals surface area contributed by atoms with E-state index in [4.69, 9.17) is 0 Å². The molecule has 0 radical (unpaired) electrons. The molecule has 3 rings (SSSR count). The quantitative estimate of drug-likeness (QED) is 0.445. The number of aryl methyl sites for hydroxylation is 1. The topological polar surface area (TPSA) is 84.6 Å². The highest BCUT2D eigenvalue weighted by Crippen LogP contribution is 2.28. The van der Waals surface area contributed by atoms with Crippen LogP contribution < -0.4 is 5.43 Å². The number of carbonyl (C=O) groups is 1. The number of rotatable bonds is 4. The summed E-state index contributed by atoms with van der Waals surface area (Å²) in [7, 11) is 0. The van der Waals surface area contributed by atoms with Gasteiger partial charge in [0.1, 0.15) is 0 Å². The largest absolute Gasteiger partial charge is 0.281 e. The fraction of sp³-hybridized carbons (Fsp3) is 0.0588. The third kappa shape index (κ3) is 3.47.